The minimum absolute atomic E-state index is 0.342. The number of hydrogen-bond donors (Lipinski definition) is 1. The van der Waals surface area contributed by atoms with Crippen LogP contribution in [0.15, 0.2) is 42.5 Å². The number of aryl methyl sites for hydroxylation is 1. The molecular formula is C15H14ClNOS. The van der Waals surface area contributed by atoms with Gasteiger partial charge in [-0.25, -0.2) is 0 Å². The molecule has 0 unspecified atom stereocenters. The van der Waals surface area contributed by atoms with E-state index in [0.717, 1.165) is 16.7 Å². The first-order valence-corrected chi connectivity index (χ1v) is 6.62. The van der Waals surface area contributed by atoms with Gasteiger partial charge in [0.1, 0.15) is 17.3 Å². The van der Waals surface area contributed by atoms with Gasteiger partial charge in [0.05, 0.1) is 5.56 Å². The lowest BCUT2D eigenvalue weighted by atomic mass is 10.1. The van der Waals surface area contributed by atoms with Crippen molar-refractivity contribution >= 4 is 28.8 Å². The first kappa shape index (κ1) is 13.8. The van der Waals surface area contributed by atoms with E-state index < -0.39 is 0 Å². The molecule has 0 aliphatic rings. The fourth-order valence-electron chi connectivity index (χ4n) is 1.70. The molecule has 0 amide bonds. The Morgan fingerprint density at radius 1 is 1.21 bits per heavy atom. The van der Waals surface area contributed by atoms with E-state index in [2.05, 4.69) is 0 Å². The molecule has 2 N–H and O–H groups in total. The second kappa shape index (κ2) is 6.04. The molecule has 0 saturated heterocycles. The molecule has 0 heterocycles. The fourth-order valence-corrected chi connectivity index (χ4v) is 1.99. The molecule has 2 aromatic carbocycles. The lowest BCUT2D eigenvalue weighted by Gasteiger charge is -2.11. The zero-order valence-electron chi connectivity index (χ0n) is 10.5. The Balaban J connectivity index is 2.15. The maximum absolute atomic E-state index is 5.84. The van der Waals surface area contributed by atoms with Crippen molar-refractivity contribution in [1.82, 2.24) is 0 Å². The normalized spacial score (nSPS) is 10.2. The first-order valence-electron chi connectivity index (χ1n) is 5.84. The maximum Gasteiger partial charge on any atom is 0.130 e. The monoisotopic (exact) mass is 291 g/mol. The molecule has 98 valence electrons. The van der Waals surface area contributed by atoms with Gasteiger partial charge in [0.25, 0.3) is 0 Å². The molecule has 4 heteroatoms. The number of halogens is 1. The third-order valence-corrected chi connectivity index (χ3v) is 3.18. The lowest BCUT2D eigenvalue weighted by Crippen LogP contribution is -2.12. The van der Waals surface area contributed by atoms with Gasteiger partial charge < -0.3 is 10.5 Å². The van der Waals surface area contributed by atoms with Crippen molar-refractivity contribution in [2.75, 3.05) is 0 Å². The highest BCUT2D eigenvalue weighted by Gasteiger charge is 2.07. The Bertz CT molecular complexity index is 596. The number of thiocarbonyl (C=S) groups is 1. The summed E-state index contributed by atoms with van der Waals surface area (Å²) < 4.78 is 5.77. The molecule has 0 aromatic heterocycles. The summed E-state index contributed by atoms with van der Waals surface area (Å²) in [4.78, 5) is 0.342. The van der Waals surface area contributed by atoms with Crippen LogP contribution in [0.1, 0.15) is 16.7 Å². The Morgan fingerprint density at radius 3 is 2.53 bits per heavy atom. The molecule has 0 spiro atoms. The third-order valence-electron chi connectivity index (χ3n) is 2.71. The van der Waals surface area contributed by atoms with E-state index in [1.54, 1.807) is 0 Å². The molecule has 0 bridgehead atoms. The number of nitrogens with two attached hydrogens (primary N) is 1. The van der Waals surface area contributed by atoms with Crippen molar-refractivity contribution in [3.8, 4) is 5.75 Å². The van der Waals surface area contributed by atoms with Crippen molar-refractivity contribution in [3.63, 3.8) is 0 Å². The van der Waals surface area contributed by atoms with Gasteiger partial charge >= 0.3 is 0 Å². The summed E-state index contributed by atoms with van der Waals surface area (Å²) in [6.07, 6.45) is 0. The van der Waals surface area contributed by atoms with Gasteiger partial charge in [-0.3, -0.25) is 0 Å². The second-order valence-electron chi connectivity index (χ2n) is 4.28. The third kappa shape index (κ3) is 3.69. The highest BCUT2D eigenvalue weighted by molar-refractivity contribution is 7.80. The minimum Gasteiger partial charge on any atom is -0.488 e. The average molecular weight is 292 g/mol. The molecule has 0 radical (unpaired) electrons. The molecule has 0 aliphatic heterocycles. The molecule has 0 saturated carbocycles. The summed E-state index contributed by atoms with van der Waals surface area (Å²) in [5.41, 5.74) is 8.61. The van der Waals surface area contributed by atoms with Crippen LogP contribution >= 0.6 is 23.8 Å². The maximum atomic E-state index is 5.84. The summed E-state index contributed by atoms with van der Waals surface area (Å²) in [5.74, 6) is 0.702. The zero-order valence-corrected chi connectivity index (χ0v) is 12.1. The summed E-state index contributed by atoms with van der Waals surface area (Å²) in [6.45, 7) is 2.45. The molecule has 2 rings (SSSR count). The van der Waals surface area contributed by atoms with E-state index in [0.29, 0.717) is 22.4 Å². The standard InChI is InChI=1S/C15H14ClNOS/c1-10-2-7-14(13(8-10)15(17)19)18-9-11-3-5-12(16)6-4-11/h2-8H,9H2,1H3,(H2,17,19). The van der Waals surface area contributed by atoms with Crippen LogP contribution in [0, 0.1) is 6.92 Å². The van der Waals surface area contributed by atoms with E-state index in [1.807, 2.05) is 49.4 Å². The second-order valence-corrected chi connectivity index (χ2v) is 5.16. The fraction of sp³-hybridized carbons (Fsp3) is 0.133. The Labute approximate surface area is 123 Å². The van der Waals surface area contributed by atoms with E-state index in [4.69, 9.17) is 34.3 Å². The lowest BCUT2D eigenvalue weighted by molar-refractivity contribution is 0.305. The van der Waals surface area contributed by atoms with Gasteiger partial charge in [0.15, 0.2) is 0 Å². The average Bonchev–Trinajstić information content (AvgIpc) is 2.39. The first-order chi connectivity index (χ1) is 9.06. The van der Waals surface area contributed by atoms with Crippen molar-refractivity contribution in [1.29, 1.82) is 0 Å². The van der Waals surface area contributed by atoms with Gasteiger partial charge in [-0.15, -0.1) is 0 Å². The predicted molar refractivity (Wildman–Crippen MR) is 82.9 cm³/mol. The molecule has 2 aromatic rings. The number of benzene rings is 2. The van der Waals surface area contributed by atoms with Crippen LogP contribution in [0.3, 0.4) is 0 Å². The Kier molecular flexibility index (Phi) is 4.40. The summed E-state index contributed by atoms with van der Waals surface area (Å²) in [6, 6.07) is 13.3. The summed E-state index contributed by atoms with van der Waals surface area (Å²) >= 11 is 10.9. The molecule has 0 fully saturated rings. The van der Waals surface area contributed by atoms with Crippen LogP contribution in [0.25, 0.3) is 0 Å². The highest BCUT2D eigenvalue weighted by Crippen LogP contribution is 2.21. The SMILES string of the molecule is Cc1ccc(OCc2ccc(Cl)cc2)c(C(N)=S)c1. The molecule has 2 nitrogen and oxygen atoms in total. The minimum atomic E-state index is 0.342. The van der Waals surface area contributed by atoms with Crippen LogP contribution in [0.2, 0.25) is 5.02 Å². The summed E-state index contributed by atoms with van der Waals surface area (Å²) in [7, 11) is 0. The Morgan fingerprint density at radius 2 is 1.89 bits per heavy atom. The Hall–Kier alpha value is -1.58. The van der Waals surface area contributed by atoms with Crippen molar-refractivity contribution < 1.29 is 4.74 Å². The van der Waals surface area contributed by atoms with E-state index in [9.17, 15) is 0 Å². The summed E-state index contributed by atoms with van der Waals surface area (Å²) in [5, 5.41) is 0.711. The van der Waals surface area contributed by atoms with Crippen LogP contribution in [-0.2, 0) is 6.61 Å². The van der Waals surface area contributed by atoms with Crippen molar-refractivity contribution in [2.24, 2.45) is 5.73 Å². The van der Waals surface area contributed by atoms with Crippen molar-refractivity contribution in [3.05, 3.63) is 64.2 Å². The van der Waals surface area contributed by atoms with Gasteiger partial charge in [0.2, 0.25) is 0 Å². The number of rotatable bonds is 4. The topological polar surface area (TPSA) is 35.2 Å². The predicted octanol–water partition coefficient (Wildman–Crippen LogP) is 3.86. The molecule has 0 aliphatic carbocycles. The number of ether oxygens (including phenoxy) is 1. The van der Waals surface area contributed by atoms with Crippen LogP contribution in [-0.4, -0.2) is 4.99 Å². The largest absolute Gasteiger partial charge is 0.488 e. The smallest absolute Gasteiger partial charge is 0.130 e. The van der Waals surface area contributed by atoms with Gasteiger partial charge in [-0.05, 0) is 36.8 Å². The number of hydrogen-bond acceptors (Lipinski definition) is 2. The van der Waals surface area contributed by atoms with E-state index in [-0.39, 0.29) is 0 Å². The van der Waals surface area contributed by atoms with E-state index >= 15 is 0 Å². The molecule has 19 heavy (non-hydrogen) atoms. The van der Waals surface area contributed by atoms with Gasteiger partial charge in [-0.1, -0.05) is 47.6 Å². The molecule has 0 atom stereocenters. The quantitative estimate of drug-likeness (QED) is 0.869. The van der Waals surface area contributed by atoms with Gasteiger partial charge in [-0.2, -0.15) is 0 Å². The van der Waals surface area contributed by atoms with E-state index in [1.165, 1.54) is 0 Å². The van der Waals surface area contributed by atoms with Crippen LogP contribution in [0.4, 0.5) is 0 Å². The van der Waals surface area contributed by atoms with Crippen LogP contribution in [0.5, 0.6) is 5.75 Å². The zero-order chi connectivity index (χ0) is 13.8. The highest BCUT2D eigenvalue weighted by atomic mass is 35.5. The molecular weight excluding hydrogens is 278 g/mol. The van der Waals surface area contributed by atoms with Gasteiger partial charge in [0, 0.05) is 5.02 Å². The van der Waals surface area contributed by atoms with Crippen LogP contribution < -0.4 is 10.5 Å². The van der Waals surface area contributed by atoms with Crippen molar-refractivity contribution in [2.45, 2.75) is 13.5 Å².